The smallest absolute Gasteiger partial charge is 0.200 e. The molecule has 0 aromatic carbocycles. The number of halogens is 6. The summed E-state index contributed by atoms with van der Waals surface area (Å²) < 4.78 is 70.5. The molecule has 0 rings (SSSR count). The van der Waals surface area contributed by atoms with Crippen LogP contribution in [0.2, 0.25) is 0 Å². The van der Waals surface area contributed by atoms with Crippen molar-refractivity contribution < 1.29 is 26.3 Å². The van der Waals surface area contributed by atoms with Crippen LogP contribution in [0.3, 0.4) is 0 Å². The Balaban J connectivity index is 4.75. The first-order valence-electron chi connectivity index (χ1n) is 2.49. The Labute approximate surface area is 59.2 Å². The third-order valence-electron chi connectivity index (χ3n) is 1.01. The van der Waals surface area contributed by atoms with Gasteiger partial charge in [-0.25, -0.2) is 0 Å². The summed E-state index contributed by atoms with van der Waals surface area (Å²) >= 11 is 0. The average molecular weight is 179 g/mol. The van der Waals surface area contributed by atoms with Gasteiger partial charge in [-0.05, 0) is 0 Å². The van der Waals surface area contributed by atoms with Crippen LogP contribution in [0.4, 0.5) is 26.3 Å². The molecule has 0 unspecified atom stereocenters. The first-order valence-corrected chi connectivity index (χ1v) is 2.49. The molecule has 1 radical (unpaired) electrons. The summed E-state index contributed by atoms with van der Waals surface area (Å²) in [6.45, 7) is 1.36. The van der Waals surface area contributed by atoms with Crippen molar-refractivity contribution >= 4 is 0 Å². The van der Waals surface area contributed by atoms with E-state index in [1.165, 1.54) is 0 Å². The van der Waals surface area contributed by atoms with Gasteiger partial charge < -0.3 is 0 Å². The molecule has 0 aliphatic heterocycles. The molecule has 0 amide bonds. The molecule has 0 saturated carbocycles. The molecule has 0 nitrogen and oxygen atoms in total. The second kappa shape index (κ2) is 2.28. The van der Waals surface area contributed by atoms with E-state index in [0.29, 0.717) is 0 Å². The summed E-state index contributed by atoms with van der Waals surface area (Å²) in [5.41, 5.74) is 0. The molecule has 0 aliphatic carbocycles. The van der Waals surface area contributed by atoms with Crippen LogP contribution < -0.4 is 0 Å². The lowest BCUT2D eigenvalue weighted by molar-refractivity contribution is -0.286. The van der Waals surface area contributed by atoms with Crippen molar-refractivity contribution in [2.24, 2.45) is 0 Å². The van der Waals surface area contributed by atoms with Crippen molar-refractivity contribution in [1.82, 2.24) is 0 Å². The summed E-state index contributed by atoms with van der Waals surface area (Å²) in [4.78, 5) is 0. The van der Waals surface area contributed by atoms with E-state index in [1.54, 1.807) is 6.92 Å². The first kappa shape index (κ1) is 10.6. The topological polar surface area (TPSA) is 0 Å². The number of hydrogen-bond donors (Lipinski definition) is 0. The lowest BCUT2D eigenvalue weighted by Crippen LogP contribution is -2.50. The van der Waals surface area contributed by atoms with Gasteiger partial charge in [0.15, 0.2) is 0 Å². The van der Waals surface area contributed by atoms with Crippen molar-refractivity contribution in [1.29, 1.82) is 0 Å². The summed E-state index contributed by atoms with van der Waals surface area (Å²) in [6, 6.07) is 0. The summed E-state index contributed by atoms with van der Waals surface area (Å²) in [5.74, 6) is -15.1. The van der Waals surface area contributed by atoms with E-state index < -0.39 is 17.8 Å². The van der Waals surface area contributed by atoms with E-state index in [1.807, 2.05) is 0 Å². The fourth-order valence-electron chi connectivity index (χ4n) is 0.321. The molecule has 0 aliphatic rings. The number of rotatable bonds is 2. The zero-order valence-corrected chi connectivity index (χ0v) is 5.47. The molecular formula is C5H5F6. The van der Waals surface area contributed by atoms with Gasteiger partial charge in [0.05, 0.1) is 0 Å². The SMILES string of the molecule is [CH2]C(F)(F)C(F)(F)C(C)(F)F. The molecule has 0 aromatic heterocycles. The second-order valence-corrected chi connectivity index (χ2v) is 2.17. The Kier molecular flexibility index (Phi) is 2.19. The zero-order chi connectivity index (χ0) is 9.50. The molecule has 0 spiro atoms. The Bertz CT molecular complexity index is 122. The Hall–Kier alpha value is -0.420. The maximum absolute atomic E-state index is 11.9. The quantitative estimate of drug-likeness (QED) is 0.571. The minimum Gasteiger partial charge on any atom is -0.200 e. The van der Waals surface area contributed by atoms with Crippen molar-refractivity contribution in [2.45, 2.75) is 24.7 Å². The predicted octanol–water partition coefficient (Wildman–Crippen LogP) is 2.75. The second-order valence-electron chi connectivity index (χ2n) is 2.17. The fraction of sp³-hybridized carbons (Fsp3) is 0.800. The largest absolute Gasteiger partial charge is 0.371 e. The molecule has 0 heterocycles. The molecule has 11 heavy (non-hydrogen) atoms. The van der Waals surface area contributed by atoms with Gasteiger partial charge in [0.25, 0.3) is 0 Å². The lowest BCUT2D eigenvalue weighted by Gasteiger charge is -2.27. The van der Waals surface area contributed by atoms with Gasteiger partial charge in [0, 0.05) is 13.8 Å². The molecule has 6 heteroatoms. The van der Waals surface area contributed by atoms with Gasteiger partial charge in [0.1, 0.15) is 0 Å². The summed E-state index contributed by atoms with van der Waals surface area (Å²) in [6.07, 6.45) is 0. The third-order valence-corrected chi connectivity index (χ3v) is 1.01. The van der Waals surface area contributed by atoms with Gasteiger partial charge in [-0.15, -0.1) is 0 Å². The first-order chi connectivity index (χ1) is 4.50. The standard InChI is InChI=1S/C5H5F6/c1-3(6,7)5(10,11)4(2,8)9/h1H2,2H3. The van der Waals surface area contributed by atoms with Crippen molar-refractivity contribution in [3.05, 3.63) is 6.92 Å². The highest BCUT2D eigenvalue weighted by Crippen LogP contribution is 2.44. The van der Waals surface area contributed by atoms with Crippen molar-refractivity contribution in [3.8, 4) is 0 Å². The molecule has 0 aromatic rings. The van der Waals surface area contributed by atoms with Crippen LogP contribution in [0.25, 0.3) is 0 Å². The van der Waals surface area contributed by atoms with Gasteiger partial charge >= 0.3 is 17.8 Å². The van der Waals surface area contributed by atoms with E-state index in [-0.39, 0.29) is 6.92 Å². The highest BCUT2D eigenvalue weighted by Gasteiger charge is 2.66. The average Bonchev–Trinajstić information content (AvgIpc) is 1.58. The molecule has 0 saturated heterocycles. The van der Waals surface area contributed by atoms with Crippen LogP contribution in [-0.2, 0) is 0 Å². The Morgan fingerprint density at radius 2 is 1.18 bits per heavy atom. The molecule has 0 atom stereocenters. The number of hydrogen-bond acceptors (Lipinski definition) is 0. The van der Waals surface area contributed by atoms with Crippen LogP contribution in [0.15, 0.2) is 0 Å². The van der Waals surface area contributed by atoms with Crippen molar-refractivity contribution in [3.63, 3.8) is 0 Å². The minimum atomic E-state index is -5.40. The van der Waals surface area contributed by atoms with Gasteiger partial charge in [0.2, 0.25) is 0 Å². The normalized spacial score (nSPS) is 15.3. The predicted molar refractivity (Wildman–Crippen MR) is 25.9 cm³/mol. The minimum absolute atomic E-state index is 0.286. The van der Waals surface area contributed by atoms with Gasteiger partial charge in [-0.2, -0.15) is 26.3 Å². The Morgan fingerprint density at radius 3 is 1.18 bits per heavy atom. The van der Waals surface area contributed by atoms with Gasteiger partial charge in [-0.1, -0.05) is 0 Å². The van der Waals surface area contributed by atoms with Crippen molar-refractivity contribution in [2.75, 3.05) is 0 Å². The van der Waals surface area contributed by atoms with Crippen LogP contribution in [0.5, 0.6) is 0 Å². The monoisotopic (exact) mass is 179 g/mol. The molecule has 0 N–H and O–H groups in total. The Morgan fingerprint density at radius 1 is 0.909 bits per heavy atom. The van der Waals surface area contributed by atoms with E-state index in [0.717, 1.165) is 0 Å². The highest BCUT2D eigenvalue weighted by molar-refractivity contribution is 4.95. The molecular weight excluding hydrogens is 174 g/mol. The van der Waals surface area contributed by atoms with Crippen LogP contribution in [0, 0.1) is 6.92 Å². The molecule has 0 bridgehead atoms. The van der Waals surface area contributed by atoms with Crippen LogP contribution in [-0.4, -0.2) is 17.8 Å². The van der Waals surface area contributed by atoms with E-state index >= 15 is 0 Å². The third kappa shape index (κ3) is 1.78. The maximum atomic E-state index is 11.9. The summed E-state index contributed by atoms with van der Waals surface area (Å²) in [5, 5.41) is 0. The summed E-state index contributed by atoms with van der Waals surface area (Å²) in [7, 11) is 0. The lowest BCUT2D eigenvalue weighted by atomic mass is 10.1. The number of alkyl halides is 6. The van der Waals surface area contributed by atoms with E-state index in [9.17, 15) is 26.3 Å². The highest BCUT2D eigenvalue weighted by atomic mass is 19.3. The zero-order valence-electron chi connectivity index (χ0n) is 5.47. The molecule has 67 valence electrons. The van der Waals surface area contributed by atoms with Gasteiger partial charge in [-0.3, -0.25) is 0 Å². The van der Waals surface area contributed by atoms with E-state index in [2.05, 4.69) is 0 Å². The van der Waals surface area contributed by atoms with E-state index in [4.69, 9.17) is 0 Å². The maximum Gasteiger partial charge on any atom is 0.371 e. The fourth-order valence-corrected chi connectivity index (χ4v) is 0.321. The van der Waals surface area contributed by atoms with Crippen LogP contribution >= 0.6 is 0 Å². The van der Waals surface area contributed by atoms with Crippen LogP contribution in [0.1, 0.15) is 6.92 Å². The molecule has 0 fully saturated rings.